The lowest BCUT2D eigenvalue weighted by Gasteiger charge is -2.28. The fraction of sp³-hybridized carbons (Fsp3) is 0.435. The molecule has 0 saturated heterocycles. The molecule has 5 rings (SSSR count). The van der Waals surface area contributed by atoms with Crippen LogP contribution in [0.25, 0.3) is 16.4 Å². The van der Waals surface area contributed by atoms with Gasteiger partial charge in [-0.05, 0) is 67.5 Å². The molecule has 30 heavy (non-hydrogen) atoms. The molecule has 2 aliphatic rings. The Morgan fingerprint density at radius 2 is 2.07 bits per heavy atom. The van der Waals surface area contributed by atoms with Crippen molar-refractivity contribution in [1.29, 1.82) is 0 Å². The number of rotatable bonds is 7. The molecule has 3 aromatic rings. The van der Waals surface area contributed by atoms with Crippen LogP contribution >= 0.6 is 23.1 Å². The highest BCUT2D eigenvalue weighted by Gasteiger charge is 2.42. The second kappa shape index (κ2) is 8.55. The van der Waals surface area contributed by atoms with Crippen LogP contribution in [0.3, 0.4) is 0 Å². The van der Waals surface area contributed by atoms with Crippen molar-refractivity contribution < 1.29 is 4.79 Å². The molecule has 1 amide bonds. The van der Waals surface area contributed by atoms with Crippen LogP contribution in [0, 0.1) is 17.8 Å². The van der Waals surface area contributed by atoms with Crippen molar-refractivity contribution in [2.45, 2.75) is 43.8 Å². The molecule has 2 saturated carbocycles. The minimum absolute atomic E-state index is 0.0792. The van der Waals surface area contributed by atoms with Gasteiger partial charge in [0.1, 0.15) is 0 Å². The van der Waals surface area contributed by atoms with E-state index in [1.165, 1.54) is 37.4 Å². The Morgan fingerprint density at radius 3 is 2.77 bits per heavy atom. The van der Waals surface area contributed by atoms with Gasteiger partial charge in [-0.1, -0.05) is 42.4 Å². The standard InChI is InChI=1S/C23H26N4OS2/c1-15(19-13-16-9-10-17(19)12-16)24-21(28)14-30-23-26-25-22(20-8-5-11-29-20)27(23)18-6-3-2-4-7-18/h2-8,11,15-17,19H,9-10,12-14H2,1H3,(H,24,28). The summed E-state index contributed by atoms with van der Waals surface area (Å²) in [6.45, 7) is 2.18. The highest BCUT2D eigenvalue weighted by atomic mass is 32.2. The number of hydrogen-bond acceptors (Lipinski definition) is 5. The highest BCUT2D eigenvalue weighted by molar-refractivity contribution is 7.99. The third-order valence-electron chi connectivity index (χ3n) is 6.55. The highest BCUT2D eigenvalue weighted by Crippen LogP contribution is 2.49. The fourth-order valence-corrected chi connectivity index (χ4v) is 6.64. The lowest BCUT2D eigenvalue weighted by Crippen LogP contribution is -2.40. The van der Waals surface area contributed by atoms with Crippen LogP contribution < -0.4 is 5.32 Å². The minimum Gasteiger partial charge on any atom is -0.353 e. The zero-order valence-corrected chi connectivity index (χ0v) is 18.7. The van der Waals surface area contributed by atoms with Gasteiger partial charge in [-0.2, -0.15) is 0 Å². The van der Waals surface area contributed by atoms with Gasteiger partial charge in [0.15, 0.2) is 11.0 Å². The molecule has 156 valence electrons. The molecule has 0 aliphatic heterocycles. The zero-order valence-electron chi connectivity index (χ0n) is 17.0. The molecule has 2 bridgehead atoms. The SMILES string of the molecule is CC(NC(=O)CSc1nnc(-c2cccs2)n1-c1ccccc1)C1CC2CCC1C2. The number of hydrogen-bond donors (Lipinski definition) is 1. The topological polar surface area (TPSA) is 59.8 Å². The molecule has 0 spiro atoms. The maximum Gasteiger partial charge on any atom is 0.230 e. The molecule has 4 unspecified atom stereocenters. The summed E-state index contributed by atoms with van der Waals surface area (Å²) >= 11 is 3.09. The van der Waals surface area contributed by atoms with Gasteiger partial charge in [-0.15, -0.1) is 21.5 Å². The summed E-state index contributed by atoms with van der Waals surface area (Å²) in [6, 6.07) is 14.4. The number of nitrogens with one attached hydrogen (secondary N) is 1. The van der Waals surface area contributed by atoms with Crippen LogP contribution in [0.5, 0.6) is 0 Å². The summed E-state index contributed by atoms with van der Waals surface area (Å²) in [5.74, 6) is 3.60. The van der Waals surface area contributed by atoms with E-state index in [-0.39, 0.29) is 11.9 Å². The maximum atomic E-state index is 12.7. The van der Waals surface area contributed by atoms with Crippen molar-refractivity contribution in [1.82, 2.24) is 20.1 Å². The van der Waals surface area contributed by atoms with E-state index in [0.29, 0.717) is 11.7 Å². The quantitative estimate of drug-likeness (QED) is 0.526. The first-order chi connectivity index (χ1) is 14.7. The third-order valence-corrected chi connectivity index (χ3v) is 8.34. The molecule has 5 nitrogen and oxygen atoms in total. The van der Waals surface area contributed by atoms with E-state index < -0.39 is 0 Å². The van der Waals surface area contributed by atoms with Gasteiger partial charge in [0.05, 0.1) is 10.6 Å². The van der Waals surface area contributed by atoms with Crippen LogP contribution in [-0.2, 0) is 4.79 Å². The number of nitrogens with zero attached hydrogens (tertiary/aromatic N) is 3. The summed E-state index contributed by atoms with van der Waals surface area (Å²) in [5, 5.41) is 14.9. The Kier molecular flexibility index (Phi) is 5.65. The molecular formula is C23H26N4OS2. The van der Waals surface area contributed by atoms with E-state index in [0.717, 1.165) is 33.4 Å². The Bertz CT molecular complexity index is 1000. The van der Waals surface area contributed by atoms with Crippen molar-refractivity contribution in [2.75, 3.05) is 5.75 Å². The van der Waals surface area contributed by atoms with E-state index in [9.17, 15) is 4.79 Å². The summed E-state index contributed by atoms with van der Waals surface area (Å²) in [4.78, 5) is 13.7. The van der Waals surface area contributed by atoms with Gasteiger partial charge in [-0.25, -0.2) is 0 Å². The largest absolute Gasteiger partial charge is 0.353 e. The second-order valence-electron chi connectivity index (χ2n) is 8.44. The van der Waals surface area contributed by atoms with Gasteiger partial charge < -0.3 is 5.32 Å². The second-order valence-corrected chi connectivity index (χ2v) is 10.3. The van der Waals surface area contributed by atoms with Gasteiger partial charge in [-0.3, -0.25) is 9.36 Å². The van der Waals surface area contributed by atoms with Crippen LogP contribution in [-0.4, -0.2) is 32.5 Å². The van der Waals surface area contributed by atoms with Gasteiger partial charge in [0, 0.05) is 11.7 Å². The Morgan fingerprint density at radius 1 is 1.20 bits per heavy atom. The third kappa shape index (κ3) is 3.93. The van der Waals surface area contributed by atoms with E-state index in [1.807, 2.05) is 52.4 Å². The fourth-order valence-electron chi connectivity index (χ4n) is 5.18. The van der Waals surface area contributed by atoms with Crippen LogP contribution in [0.15, 0.2) is 53.0 Å². The summed E-state index contributed by atoms with van der Waals surface area (Å²) < 4.78 is 2.04. The number of amides is 1. The van der Waals surface area contributed by atoms with E-state index >= 15 is 0 Å². The van der Waals surface area contributed by atoms with Crippen molar-refractivity contribution in [3.8, 4) is 16.4 Å². The Hall–Kier alpha value is -2.12. The van der Waals surface area contributed by atoms with Crippen molar-refractivity contribution in [2.24, 2.45) is 17.8 Å². The van der Waals surface area contributed by atoms with E-state index in [1.54, 1.807) is 11.3 Å². The molecule has 1 aromatic carbocycles. The summed E-state index contributed by atoms with van der Waals surface area (Å²) in [5.41, 5.74) is 1.00. The number of fused-ring (bicyclic) bond motifs is 2. The maximum absolute atomic E-state index is 12.7. The summed E-state index contributed by atoms with van der Waals surface area (Å²) in [7, 11) is 0. The normalized spacial score (nSPS) is 23.6. The first-order valence-electron chi connectivity index (χ1n) is 10.7. The molecule has 1 N–H and O–H groups in total. The number of carbonyl (C=O) groups excluding carboxylic acids is 1. The Labute approximate surface area is 185 Å². The number of para-hydroxylation sites is 1. The van der Waals surface area contributed by atoms with Crippen molar-refractivity contribution in [3.05, 3.63) is 47.8 Å². The zero-order chi connectivity index (χ0) is 20.5. The molecule has 2 fully saturated rings. The Balaban J connectivity index is 1.28. The number of aromatic nitrogens is 3. The van der Waals surface area contributed by atoms with Crippen LogP contribution in [0.2, 0.25) is 0 Å². The lowest BCUT2D eigenvalue weighted by molar-refractivity contribution is -0.119. The van der Waals surface area contributed by atoms with E-state index in [4.69, 9.17) is 0 Å². The molecule has 2 aromatic heterocycles. The number of benzene rings is 1. The van der Waals surface area contributed by atoms with Gasteiger partial charge >= 0.3 is 0 Å². The van der Waals surface area contributed by atoms with Gasteiger partial charge in [0.2, 0.25) is 5.91 Å². The van der Waals surface area contributed by atoms with Crippen molar-refractivity contribution in [3.63, 3.8) is 0 Å². The van der Waals surface area contributed by atoms with Crippen molar-refractivity contribution >= 4 is 29.0 Å². The molecule has 0 radical (unpaired) electrons. The smallest absolute Gasteiger partial charge is 0.230 e. The minimum atomic E-state index is 0.0792. The molecule has 4 atom stereocenters. The first kappa shape index (κ1) is 19.8. The molecule has 2 aliphatic carbocycles. The molecule has 7 heteroatoms. The van der Waals surface area contributed by atoms with Crippen LogP contribution in [0.4, 0.5) is 0 Å². The monoisotopic (exact) mass is 438 g/mol. The predicted molar refractivity (Wildman–Crippen MR) is 122 cm³/mol. The molecule has 2 heterocycles. The molecular weight excluding hydrogens is 412 g/mol. The lowest BCUT2D eigenvalue weighted by atomic mass is 9.84. The average Bonchev–Trinajstić information content (AvgIpc) is 3.56. The van der Waals surface area contributed by atoms with Gasteiger partial charge in [0.25, 0.3) is 0 Å². The summed E-state index contributed by atoms with van der Waals surface area (Å²) in [6.07, 6.45) is 5.38. The predicted octanol–water partition coefficient (Wildman–Crippen LogP) is 5.03. The number of thiophene rings is 1. The average molecular weight is 439 g/mol. The van der Waals surface area contributed by atoms with Crippen LogP contribution in [0.1, 0.15) is 32.6 Å². The number of carbonyl (C=O) groups is 1. The van der Waals surface area contributed by atoms with E-state index in [2.05, 4.69) is 22.4 Å². The number of thioether (sulfide) groups is 1. The first-order valence-corrected chi connectivity index (χ1v) is 12.5.